The van der Waals surface area contributed by atoms with E-state index in [9.17, 15) is 14.4 Å². The van der Waals surface area contributed by atoms with Gasteiger partial charge < -0.3 is 9.64 Å². The fraction of sp³-hybridized carbons (Fsp3) is 0.160. The summed E-state index contributed by atoms with van der Waals surface area (Å²) in [4.78, 5) is 42.3. The minimum Gasteiger partial charge on any atom is -0.497 e. The van der Waals surface area contributed by atoms with Crippen molar-refractivity contribution in [1.29, 1.82) is 0 Å². The lowest BCUT2D eigenvalue weighted by Crippen LogP contribution is -2.67. The molecule has 2 aliphatic heterocycles. The number of halogens is 1. The zero-order chi connectivity index (χ0) is 22.6. The summed E-state index contributed by atoms with van der Waals surface area (Å²) in [6, 6.07) is 17.7. The number of anilines is 1. The standard InChI is InChI=1S/C25H19ClN2O4/c1-14-10-11-16(13-20(14)26)27-21(15-6-5-7-17(12-15)32-2)22(25(27)31)28-23(29)18-8-3-4-9-19(18)24(28)30/h3-13,21-22H,1-2H3/t21-,22+/m1/s1. The van der Waals surface area contributed by atoms with E-state index in [1.54, 1.807) is 48.4 Å². The summed E-state index contributed by atoms with van der Waals surface area (Å²) >= 11 is 6.32. The molecule has 160 valence electrons. The number of ether oxygens (including phenoxy) is 1. The minimum absolute atomic E-state index is 0.312. The van der Waals surface area contributed by atoms with E-state index in [1.807, 2.05) is 37.3 Å². The SMILES string of the molecule is COc1cccc([C@@H]2[C@H](N3C(=O)c4ccccc4C3=O)C(=O)N2c2ccc(C)c(Cl)c2)c1. The van der Waals surface area contributed by atoms with Crippen molar-refractivity contribution in [2.24, 2.45) is 0 Å². The van der Waals surface area contributed by atoms with Gasteiger partial charge in [-0.1, -0.05) is 41.9 Å². The van der Waals surface area contributed by atoms with Crippen LogP contribution in [0.25, 0.3) is 0 Å². The highest BCUT2D eigenvalue weighted by molar-refractivity contribution is 6.32. The Morgan fingerprint density at radius 3 is 2.12 bits per heavy atom. The fourth-order valence-corrected chi connectivity index (χ4v) is 4.54. The third-order valence-electron chi connectivity index (χ3n) is 6.04. The molecule has 0 saturated carbocycles. The zero-order valence-electron chi connectivity index (χ0n) is 17.4. The van der Waals surface area contributed by atoms with Crippen molar-refractivity contribution in [2.75, 3.05) is 12.0 Å². The molecule has 5 rings (SSSR count). The van der Waals surface area contributed by atoms with Gasteiger partial charge in [0.2, 0.25) is 0 Å². The van der Waals surface area contributed by atoms with Crippen molar-refractivity contribution in [2.45, 2.75) is 19.0 Å². The highest BCUT2D eigenvalue weighted by atomic mass is 35.5. The molecular weight excluding hydrogens is 428 g/mol. The van der Waals surface area contributed by atoms with Crippen LogP contribution in [-0.2, 0) is 4.79 Å². The van der Waals surface area contributed by atoms with Crippen molar-refractivity contribution in [3.63, 3.8) is 0 Å². The number of aryl methyl sites for hydroxylation is 1. The number of hydrogen-bond donors (Lipinski definition) is 0. The summed E-state index contributed by atoms with van der Waals surface area (Å²) < 4.78 is 5.36. The van der Waals surface area contributed by atoms with Gasteiger partial charge >= 0.3 is 0 Å². The van der Waals surface area contributed by atoms with Gasteiger partial charge in [-0.05, 0) is 54.4 Å². The van der Waals surface area contributed by atoms with Gasteiger partial charge in [-0.2, -0.15) is 0 Å². The van der Waals surface area contributed by atoms with Crippen molar-refractivity contribution in [3.05, 3.63) is 94.0 Å². The van der Waals surface area contributed by atoms with Crippen molar-refractivity contribution < 1.29 is 19.1 Å². The topological polar surface area (TPSA) is 66.9 Å². The van der Waals surface area contributed by atoms with Crippen molar-refractivity contribution in [1.82, 2.24) is 4.90 Å². The molecule has 0 N–H and O–H groups in total. The molecule has 0 radical (unpaired) electrons. The molecule has 7 heteroatoms. The molecule has 0 spiro atoms. The van der Waals surface area contributed by atoms with E-state index in [4.69, 9.17) is 16.3 Å². The first-order valence-electron chi connectivity index (χ1n) is 10.1. The van der Waals surface area contributed by atoms with Gasteiger partial charge in [0.15, 0.2) is 0 Å². The Kier molecular flexibility index (Phi) is 4.75. The van der Waals surface area contributed by atoms with E-state index >= 15 is 0 Å². The average molecular weight is 447 g/mol. The smallest absolute Gasteiger partial charge is 0.262 e. The highest BCUT2D eigenvalue weighted by Gasteiger charge is 2.57. The molecule has 0 aromatic heterocycles. The van der Waals surface area contributed by atoms with Crippen LogP contribution < -0.4 is 9.64 Å². The lowest BCUT2D eigenvalue weighted by Gasteiger charge is -2.49. The molecule has 0 unspecified atom stereocenters. The number of methoxy groups -OCH3 is 1. The van der Waals surface area contributed by atoms with Gasteiger partial charge in [0, 0.05) is 10.7 Å². The Morgan fingerprint density at radius 2 is 1.50 bits per heavy atom. The average Bonchev–Trinajstić information content (AvgIpc) is 3.05. The predicted molar refractivity (Wildman–Crippen MR) is 120 cm³/mol. The number of benzene rings is 3. The van der Waals surface area contributed by atoms with Crippen molar-refractivity contribution >= 4 is 35.0 Å². The van der Waals surface area contributed by atoms with E-state index in [2.05, 4.69) is 0 Å². The van der Waals surface area contributed by atoms with Crippen molar-refractivity contribution in [3.8, 4) is 5.75 Å². The third kappa shape index (κ3) is 2.91. The molecule has 2 atom stereocenters. The van der Waals surface area contributed by atoms with E-state index in [-0.39, 0.29) is 5.91 Å². The Morgan fingerprint density at radius 1 is 0.812 bits per heavy atom. The highest BCUT2D eigenvalue weighted by Crippen LogP contribution is 2.45. The number of β-lactam (4-membered cyclic amide) rings is 1. The molecule has 3 aromatic rings. The normalized spacial score (nSPS) is 19.8. The summed E-state index contributed by atoms with van der Waals surface area (Å²) in [6.45, 7) is 1.88. The van der Waals surface area contributed by atoms with Crippen LogP contribution in [0, 0.1) is 6.92 Å². The quantitative estimate of drug-likeness (QED) is 0.440. The van der Waals surface area contributed by atoms with E-state index in [0.717, 1.165) is 16.0 Å². The zero-order valence-corrected chi connectivity index (χ0v) is 18.2. The molecule has 2 aliphatic rings. The van der Waals surface area contributed by atoms with Gasteiger partial charge in [0.25, 0.3) is 17.7 Å². The lowest BCUT2D eigenvalue weighted by molar-refractivity contribution is -0.130. The second-order valence-electron chi connectivity index (χ2n) is 7.83. The summed E-state index contributed by atoms with van der Waals surface area (Å²) in [5, 5.41) is 0.531. The Balaban J connectivity index is 1.61. The van der Waals surface area contributed by atoms with Gasteiger partial charge in [0.05, 0.1) is 24.3 Å². The van der Waals surface area contributed by atoms with Crippen LogP contribution in [-0.4, -0.2) is 35.8 Å². The molecule has 2 heterocycles. The summed E-state index contributed by atoms with van der Waals surface area (Å²) in [5.41, 5.74) is 2.87. The van der Waals surface area contributed by atoms with Crippen LogP contribution in [0.2, 0.25) is 5.02 Å². The van der Waals surface area contributed by atoms with Gasteiger partial charge in [0.1, 0.15) is 11.8 Å². The Labute approximate surface area is 190 Å². The maximum Gasteiger partial charge on any atom is 0.262 e. The summed E-state index contributed by atoms with van der Waals surface area (Å²) in [6.07, 6.45) is 0. The second-order valence-corrected chi connectivity index (χ2v) is 8.24. The summed E-state index contributed by atoms with van der Waals surface area (Å²) in [7, 11) is 1.56. The lowest BCUT2D eigenvalue weighted by atomic mass is 9.86. The largest absolute Gasteiger partial charge is 0.497 e. The number of nitrogens with zero attached hydrogens (tertiary/aromatic N) is 2. The number of carbonyl (C=O) groups is 3. The molecular formula is C25H19ClN2O4. The number of amides is 3. The first-order valence-corrected chi connectivity index (χ1v) is 10.5. The fourth-order valence-electron chi connectivity index (χ4n) is 4.36. The van der Waals surface area contributed by atoms with Gasteiger partial charge in [-0.15, -0.1) is 0 Å². The molecule has 1 fully saturated rings. The van der Waals surface area contributed by atoms with Gasteiger partial charge in [-0.25, -0.2) is 0 Å². The monoisotopic (exact) mass is 446 g/mol. The molecule has 3 amide bonds. The van der Waals surface area contributed by atoms with E-state index in [0.29, 0.717) is 27.6 Å². The second kappa shape index (κ2) is 7.50. The molecule has 1 saturated heterocycles. The summed E-state index contributed by atoms with van der Waals surface area (Å²) in [5.74, 6) is -0.644. The van der Waals surface area contributed by atoms with Crippen LogP contribution in [0.4, 0.5) is 5.69 Å². The van der Waals surface area contributed by atoms with Crippen LogP contribution in [0.3, 0.4) is 0 Å². The number of hydrogen-bond acceptors (Lipinski definition) is 4. The first kappa shape index (κ1) is 20.3. The van der Waals surface area contributed by atoms with Gasteiger partial charge in [-0.3, -0.25) is 19.3 Å². The Hall–Kier alpha value is -3.64. The van der Waals surface area contributed by atoms with Crippen LogP contribution in [0.5, 0.6) is 5.75 Å². The minimum atomic E-state index is -0.963. The number of rotatable bonds is 4. The maximum atomic E-state index is 13.4. The maximum absolute atomic E-state index is 13.4. The molecule has 0 bridgehead atoms. The van der Waals surface area contributed by atoms with E-state index < -0.39 is 23.9 Å². The molecule has 32 heavy (non-hydrogen) atoms. The van der Waals surface area contributed by atoms with Crippen LogP contribution in [0.15, 0.2) is 66.7 Å². The van der Waals surface area contributed by atoms with Crippen LogP contribution >= 0.6 is 11.6 Å². The first-order chi connectivity index (χ1) is 15.4. The molecule has 3 aromatic carbocycles. The molecule has 6 nitrogen and oxygen atoms in total. The van der Waals surface area contributed by atoms with Crippen LogP contribution in [0.1, 0.15) is 37.9 Å². The molecule has 0 aliphatic carbocycles. The number of imide groups is 1. The predicted octanol–water partition coefficient (Wildman–Crippen LogP) is 4.41. The Bertz CT molecular complexity index is 1250. The number of carbonyl (C=O) groups excluding carboxylic acids is 3. The van der Waals surface area contributed by atoms with E-state index in [1.165, 1.54) is 0 Å². The third-order valence-corrected chi connectivity index (χ3v) is 6.45. The number of fused-ring (bicyclic) bond motifs is 1.